The molecule has 8 nitrogen and oxygen atoms in total. The number of urea groups is 1. The molecule has 4 rings (SSSR count). The first-order chi connectivity index (χ1) is 15.1. The van der Waals surface area contributed by atoms with Crippen LogP contribution in [0.2, 0.25) is 0 Å². The van der Waals surface area contributed by atoms with Gasteiger partial charge in [-0.2, -0.15) is 0 Å². The molecule has 164 valence electrons. The number of rotatable bonds is 6. The first-order valence-electron chi connectivity index (χ1n) is 11.0. The number of carbonyl (C=O) groups is 2. The van der Waals surface area contributed by atoms with Crippen molar-refractivity contribution in [2.45, 2.75) is 51.0 Å². The monoisotopic (exact) mass is 423 g/mol. The summed E-state index contributed by atoms with van der Waals surface area (Å²) < 4.78 is 0. The van der Waals surface area contributed by atoms with E-state index in [1.165, 1.54) is 5.56 Å². The number of aryl methyl sites for hydroxylation is 2. The van der Waals surface area contributed by atoms with Crippen molar-refractivity contribution in [3.8, 4) is 0 Å². The van der Waals surface area contributed by atoms with Crippen LogP contribution in [0, 0.1) is 0 Å². The third-order valence-electron chi connectivity index (χ3n) is 5.97. The predicted molar refractivity (Wildman–Crippen MR) is 117 cm³/mol. The van der Waals surface area contributed by atoms with Crippen LogP contribution in [0.4, 0.5) is 10.6 Å². The molecule has 0 saturated heterocycles. The molecule has 0 radical (unpaired) electrons. The molecule has 0 bridgehead atoms. The van der Waals surface area contributed by atoms with E-state index in [1.807, 2.05) is 12.1 Å². The average Bonchev–Trinajstić information content (AvgIpc) is 2.96. The molecule has 0 spiro atoms. The van der Waals surface area contributed by atoms with E-state index in [0.717, 1.165) is 55.0 Å². The molecule has 3 N–H and O–H groups in total. The molecular weight excluding hydrogens is 394 g/mol. The fraction of sp³-hybridized carbons (Fsp3) is 0.478. The molecule has 0 fully saturated rings. The van der Waals surface area contributed by atoms with E-state index in [0.29, 0.717) is 26.1 Å². The number of amides is 2. The lowest BCUT2D eigenvalue weighted by molar-refractivity contribution is -0.137. The highest BCUT2D eigenvalue weighted by Gasteiger charge is 2.27. The highest BCUT2D eigenvalue weighted by Crippen LogP contribution is 2.29. The van der Waals surface area contributed by atoms with Gasteiger partial charge in [0.25, 0.3) is 0 Å². The summed E-state index contributed by atoms with van der Waals surface area (Å²) in [6.45, 7) is 2.50. The van der Waals surface area contributed by atoms with Crippen LogP contribution in [0.1, 0.15) is 54.1 Å². The number of fused-ring (bicyclic) bond motifs is 2. The third-order valence-corrected chi connectivity index (χ3v) is 5.97. The second kappa shape index (κ2) is 9.76. The van der Waals surface area contributed by atoms with Crippen molar-refractivity contribution in [2.24, 2.45) is 0 Å². The van der Waals surface area contributed by atoms with Gasteiger partial charge in [0.15, 0.2) is 0 Å². The fourth-order valence-electron chi connectivity index (χ4n) is 4.35. The van der Waals surface area contributed by atoms with Crippen LogP contribution < -0.4 is 10.6 Å². The van der Waals surface area contributed by atoms with Crippen molar-refractivity contribution in [1.29, 1.82) is 0 Å². The molecule has 8 heteroatoms. The molecular formula is C23H29N5O3. The second-order valence-electron chi connectivity index (χ2n) is 8.23. The molecule has 2 aromatic rings. The van der Waals surface area contributed by atoms with E-state index in [1.54, 1.807) is 11.1 Å². The Morgan fingerprint density at radius 3 is 3.03 bits per heavy atom. The minimum Gasteiger partial charge on any atom is -0.481 e. The number of aliphatic carboxylic acids is 1. The molecule has 31 heavy (non-hydrogen) atoms. The first kappa shape index (κ1) is 21.1. The number of nitrogens with one attached hydrogen (secondary N) is 2. The van der Waals surface area contributed by atoms with Gasteiger partial charge in [-0.25, -0.2) is 9.78 Å². The van der Waals surface area contributed by atoms with E-state index in [-0.39, 0.29) is 18.4 Å². The Labute approximate surface area is 182 Å². The zero-order valence-corrected chi connectivity index (χ0v) is 17.6. The number of nitrogens with zero attached hydrogens (tertiary/aromatic N) is 3. The maximum absolute atomic E-state index is 12.7. The van der Waals surface area contributed by atoms with Gasteiger partial charge in [0.2, 0.25) is 0 Å². The van der Waals surface area contributed by atoms with Gasteiger partial charge in [-0.1, -0.05) is 12.1 Å². The summed E-state index contributed by atoms with van der Waals surface area (Å²) >= 11 is 0. The van der Waals surface area contributed by atoms with Gasteiger partial charge in [-0.15, -0.1) is 0 Å². The van der Waals surface area contributed by atoms with E-state index in [2.05, 4.69) is 27.8 Å². The SMILES string of the molecule is O=C(O)CC1CCN(C(=O)NCCCc2ccc3c(n2)NCCC3)Cc2cccnc21. The topological polar surface area (TPSA) is 107 Å². The van der Waals surface area contributed by atoms with Crippen molar-refractivity contribution >= 4 is 17.8 Å². The maximum Gasteiger partial charge on any atom is 0.317 e. The van der Waals surface area contributed by atoms with E-state index >= 15 is 0 Å². The minimum atomic E-state index is -0.842. The molecule has 1 unspecified atom stereocenters. The number of hydrogen-bond acceptors (Lipinski definition) is 5. The van der Waals surface area contributed by atoms with Crippen molar-refractivity contribution < 1.29 is 14.7 Å². The normalized spacial score (nSPS) is 17.7. The van der Waals surface area contributed by atoms with Crippen LogP contribution in [0.5, 0.6) is 0 Å². The largest absolute Gasteiger partial charge is 0.481 e. The predicted octanol–water partition coefficient (Wildman–Crippen LogP) is 2.94. The maximum atomic E-state index is 12.7. The number of carboxylic acid groups (broad SMARTS) is 1. The third kappa shape index (κ3) is 5.31. The Bertz CT molecular complexity index is 949. The second-order valence-corrected chi connectivity index (χ2v) is 8.23. The number of pyridine rings is 2. The molecule has 2 aliphatic heterocycles. The molecule has 0 saturated carbocycles. The van der Waals surface area contributed by atoms with E-state index < -0.39 is 5.97 Å². The van der Waals surface area contributed by atoms with Crippen LogP contribution in [-0.4, -0.2) is 51.6 Å². The molecule has 2 amide bonds. The Kier molecular flexibility index (Phi) is 6.64. The highest BCUT2D eigenvalue weighted by molar-refractivity contribution is 5.74. The Morgan fingerprint density at radius 2 is 2.16 bits per heavy atom. The zero-order valence-electron chi connectivity index (χ0n) is 17.6. The molecule has 0 aliphatic carbocycles. The summed E-state index contributed by atoms with van der Waals surface area (Å²) in [6, 6.07) is 7.87. The van der Waals surface area contributed by atoms with Gasteiger partial charge in [0.05, 0.1) is 6.42 Å². The van der Waals surface area contributed by atoms with Crippen LogP contribution in [0.25, 0.3) is 0 Å². The van der Waals surface area contributed by atoms with Gasteiger partial charge in [-0.05, 0) is 55.4 Å². The molecule has 2 aliphatic rings. The van der Waals surface area contributed by atoms with Gasteiger partial charge in [-0.3, -0.25) is 9.78 Å². The fourth-order valence-corrected chi connectivity index (χ4v) is 4.35. The van der Waals surface area contributed by atoms with Crippen molar-refractivity contribution in [3.63, 3.8) is 0 Å². The molecule has 0 aromatic carbocycles. The number of hydrogen-bond donors (Lipinski definition) is 3. The standard InChI is InChI=1S/C23H29N5O3/c29-20(30)14-17-9-13-28(15-18-5-2-10-24-21(17)18)23(31)26-12-3-6-19-8-7-16-4-1-11-25-22(16)27-19/h2,5,7-8,10,17H,1,3-4,6,9,11-15H2,(H,25,27)(H,26,31)(H,29,30). The lowest BCUT2D eigenvalue weighted by Gasteiger charge is -2.21. The number of carboxylic acids is 1. The number of aromatic nitrogens is 2. The van der Waals surface area contributed by atoms with Crippen LogP contribution >= 0.6 is 0 Å². The zero-order chi connectivity index (χ0) is 21.6. The highest BCUT2D eigenvalue weighted by atomic mass is 16.4. The molecule has 4 heterocycles. The van der Waals surface area contributed by atoms with Crippen LogP contribution in [0.15, 0.2) is 30.5 Å². The van der Waals surface area contributed by atoms with Crippen molar-refractivity contribution in [1.82, 2.24) is 20.2 Å². The smallest absolute Gasteiger partial charge is 0.317 e. The first-order valence-corrected chi connectivity index (χ1v) is 11.0. The summed E-state index contributed by atoms with van der Waals surface area (Å²) in [4.78, 5) is 34.9. The summed E-state index contributed by atoms with van der Waals surface area (Å²) in [5.74, 6) is -0.0128. The van der Waals surface area contributed by atoms with E-state index in [9.17, 15) is 14.7 Å². The van der Waals surface area contributed by atoms with Gasteiger partial charge >= 0.3 is 12.0 Å². The summed E-state index contributed by atoms with van der Waals surface area (Å²) in [7, 11) is 0. The lowest BCUT2D eigenvalue weighted by Crippen LogP contribution is -2.40. The summed E-state index contributed by atoms with van der Waals surface area (Å²) in [5.41, 5.74) is 4.04. The Balaban J connectivity index is 1.29. The van der Waals surface area contributed by atoms with E-state index in [4.69, 9.17) is 4.98 Å². The van der Waals surface area contributed by atoms with Gasteiger partial charge in [0, 0.05) is 49.7 Å². The summed E-state index contributed by atoms with van der Waals surface area (Å²) in [6.07, 6.45) is 6.15. The lowest BCUT2D eigenvalue weighted by atomic mass is 9.95. The quantitative estimate of drug-likeness (QED) is 0.617. The number of anilines is 1. The Hall–Kier alpha value is -3.16. The molecule has 2 aromatic heterocycles. The Morgan fingerprint density at radius 1 is 1.26 bits per heavy atom. The minimum absolute atomic E-state index is 0.0299. The van der Waals surface area contributed by atoms with Gasteiger partial charge in [0.1, 0.15) is 5.82 Å². The van der Waals surface area contributed by atoms with Crippen LogP contribution in [-0.2, 0) is 24.2 Å². The van der Waals surface area contributed by atoms with Crippen molar-refractivity contribution in [2.75, 3.05) is 25.0 Å². The summed E-state index contributed by atoms with van der Waals surface area (Å²) in [5, 5.41) is 15.6. The number of carbonyl (C=O) groups excluding carboxylic acids is 1. The molecule has 1 atom stereocenters. The van der Waals surface area contributed by atoms with Gasteiger partial charge < -0.3 is 20.6 Å². The van der Waals surface area contributed by atoms with Crippen LogP contribution in [0.3, 0.4) is 0 Å². The van der Waals surface area contributed by atoms with Crippen molar-refractivity contribution in [3.05, 3.63) is 53.0 Å². The average molecular weight is 424 g/mol.